The summed E-state index contributed by atoms with van der Waals surface area (Å²) in [5.41, 5.74) is 2.16. The normalized spacial score (nSPS) is 13.0. The highest BCUT2D eigenvalue weighted by Crippen LogP contribution is 2.21. The van der Waals surface area contributed by atoms with Crippen molar-refractivity contribution in [3.8, 4) is 17.1 Å². The highest BCUT2D eigenvalue weighted by Gasteiger charge is 2.11. The van der Waals surface area contributed by atoms with Gasteiger partial charge in [-0.2, -0.15) is 0 Å². The molecule has 0 aliphatic carbocycles. The molecule has 37 heavy (non-hydrogen) atoms. The Morgan fingerprint density at radius 3 is 1.89 bits per heavy atom. The molecular formula is C33H53FN2O. The fourth-order valence-electron chi connectivity index (χ4n) is 4.77. The van der Waals surface area contributed by atoms with E-state index in [0.29, 0.717) is 18.1 Å². The number of aryl methyl sites for hydroxylation is 1. The van der Waals surface area contributed by atoms with E-state index in [2.05, 4.69) is 30.7 Å². The Balaban J connectivity index is 1.61. The minimum Gasteiger partial charge on any atom is -0.491 e. The number of unbranched alkanes of at least 4 members (excludes halogenated alkanes) is 11. The van der Waals surface area contributed by atoms with E-state index in [9.17, 15) is 4.39 Å². The number of aromatic nitrogens is 2. The standard InChI is InChI=1S/C33H53FN2O/c1-4-6-8-9-10-11-12-13-14-16-18-29-25-35-33(36-26-29)30-20-23-32(24-21-30)37-27-31(34)22-19-28(3)17-15-7-5-2/h20-21,23-26,28,31H,4-19,22,27H2,1-3H3. The van der Waals surface area contributed by atoms with Crippen LogP contribution in [-0.2, 0) is 6.42 Å². The van der Waals surface area contributed by atoms with E-state index >= 15 is 0 Å². The lowest BCUT2D eigenvalue weighted by molar-refractivity contribution is 0.178. The van der Waals surface area contributed by atoms with E-state index in [1.165, 1.54) is 95.5 Å². The van der Waals surface area contributed by atoms with Crippen LogP contribution in [0, 0.1) is 5.92 Å². The van der Waals surface area contributed by atoms with Crippen LogP contribution < -0.4 is 4.74 Å². The molecule has 0 spiro atoms. The average Bonchev–Trinajstić information content (AvgIpc) is 2.92. The van der Waals surface area contributed by atoms with Gasteiger partial charge in [0.2, 0.25) is 0 Å². The Morgan fingerprint density at radius 1 is 0.703 bits per heavy atom. The molecule has 0 N–H and O–H groups in total. The Bertz CT molecular complexity index is 793. The Labute approximate surface area is 227 Å². The van der Waals surface area contributed by atoms with Gasteiger partial charge in [-0.15, -0.1) is 0 Å². The highest BCUT2D eigenvalue weighted by molar-refractivity contribution is 5.55. The number of rotatable bonds is 22. The van der Waals surface area contributed by atoms with E-state index in [0.717, 1.165) is 24.2 Å². The monoisotopic (exact) mass is 512 g/mol. The second kappa shape index (κ2) is 20.1. The second-order valence-electron chi connectivity index (χ2n) is 11.0. The largest absolute Gasteiger partial charge is 0.491 e. The van der Waals surface area contributed by atoms with Gasteiger partial charge in [0.05, 0.1) is 0 Å². The molecule has 1 heterocycles. The van der Waals surface area contributed by atoms with Gasteiger partial charge in [-0.1, -0.05) is 104 Å². The minimum atomic E-state index is -0.917. The van der Waals surface area contributed by atoms with Crippen molar-refractivity contribution < 1.29 is 9.13 Å². The van der Waals surface area contributed by atoms with Crippen LogP contribution in [0.25, 0.3) is 11.4 Å². The maximum atomic E-state index is 14.3. The number of benzene rings is 1. The summed E-state index contributed by atoms with van der Waals surface area (Å²) in [6.07, 6.45) is 24.0. The predicted molar refractivity (Wildman–Crippen MR) is 156 cm³/mol. The fourth-order valence-corrected chi connectivity index (χ4v) is 4.77. The fraction of sp³-hybridized carbons (Fsp3) is 0.697. The van der Waals surface area contributed by atoms with Crippen LogP contribution in [0.2, 0.25) is 0 Å². The predicted octanol–water partition coefficient (Wildman–Crippen LogP) is 10.3. The molecule has 2 atom stereocenters. The Hall–Kier alpha value is -1.97. The molecule has 1 aromatic carbocycles. The van der Waals surface area contributed by atoms with Crippen LogP contribution >= 0.6 is 0 Å². The van der Waals surface area contributed by atoms with E-state index in [4.69, 9.17) is 4.74 Å². The number of hydrogen-bond donors (Lipinski definition) is 0. The first kappa shape index (κ1) is 31.2. The quantitative estimate of drug-likeness (QED) is 0.147. The molecule has 0 radical (unpaired) electrons. The van der Waals surface area contributed by atoms with Crippen molar-refractivity contribution in [2.45, 2.75) is 136 Å². The lowest BCUT2D eigenvalue weighted by Crippen LogP contribution is -2.14. The summed E-state index contributed by atoms with van der Waals surface area (Å²) in [5, 5.41) is 0. The zero-order chi connectivity index (χ0) is 26.6. The molecule has 3 nitrogen and oxygen atoms in total. The molecule has 2 rings (SSSR count). The summed E-state index contributed by atoms with van der Waals surface area (Å²) < 4.78 is 20.0. The lowest BCUT2D eigenvalue weighted by atomic mass is 9.97. The molecule has 208 valence electrons. The molecule has 0 saturated carbocycles. The summed E-state index contributed by atoms with van der Waals surface area (Å²) in [6, 6.07) is 7.68. The van der Waals surface area contributed by atoms with Gasteiger partial charge in [0, 0.05) is 18.0 Å². The van der Waals surface area contributed by atoms with Gasteiger partial charge < -0.3 is 4.74 Å². The topological polar surface area (TPSA) is 35.0 Å². The third kappa shape index (κ3) is 14.5. The Kier molecular flexibility index (Phi) is 16.9. The molecule has 4 heteroatoms. The van der Waals surface area contributed by atoms with Crippen molar-refractivity contribution in [2.75, 3.05) is 6.61 Å². The first-order valence-electron chi connectivity index (χ1n) is 15.3. The van der Waals surface area contributed by atoms with E-state index in [-0.39, 0.29) is 6.61 Å². The first-order chi connectivity index (χ1) is 18.1. The molecule has 0 aliphatic rings. The lowest BCUT2D eigenvalue weighted by Gasteiger charge is -2.14. The first-order valence-corrected chi connectivity index (χ1v) is 15.3. The van der Waals surface area contributed by atoms with Gasteiger partial charge in [-0.25, -0.2) is 14.4 Å². The molecule has 0 saturated heterocycles. The molecule has 0 aliphatic heterocycles. The maximum Gasteiger partial charge on any atom is 0.159 e. The molecule has 2 unspecified atom stereocenters. The average molecular weight is 513 g/mol. The van der Waals surface area contributed by atoms with Crippen molar-refractivity contribution in [2.24, 2.45) is 5.92 Å². The van der Waals surface area contributed by atoms with E-state index < -0.39 is 6.17 Å². The van der Waals surface area contributed by atoms with Crippen molar-refractivity contribution in [1.29, 1.82) is 0 Å². The Morgan fingerprint density at radius 2 is 1.27 bits per heavy atom. The zero-order valence-corrected chi connectivity index (χ0v) is 24.0. The van der Waals surface area contributed by atoms with Gasteiger partial charge >= 0.3 is 0 Å². The number of nitrogens with zero attached hydrogens (tertiary/aromatic N) is 2. The van der Waals surface area contributed by atoms with Crippen LogP contribution in [0.4, 0.5) is 4.39 Å². The summed E-state index contributed by atoms with van der Waals surface area (Å²) in [6.45, 7) is 6.84. The summed E-state index contributed by atoms with van der Waals surface area (Å²) in [5.74, 6) is 2.00. The van der Waals surface area contributed by atoms with Gasteiger partial charge in [0.25, 0.3) is 0 Å². The molecule has 0 amide bonds. The van der Waals surface area contributed by atoms with Gasteiger partial charge in [-0.3, -0.25) is 0 Å². The smallest absolute Gasteiger partial charge is 0.159 e. The van der Waals surface area contributed by atoms with Crippen LogP contribution in [0.1, 0.15) is 129 Å². The molecule has 0 fully saturated rings. The van der Waals surface area contributed by atoms with Gasteiger partial charge in [0.15, 0.2) is 5.82 Å². The van der Waals surface area contributed by atoms with Crippen LogP contribution in [0.3, 0.4) is 0 Å². The van der Waals surface area contributed by atoms with Gasteiger partial charge in [0.1, 0.15) is 18.5 Å². The van der Waals surface area contributed by atoms with Crippen molar-refractivity contribution >= 4 is 0 Å². The number of alkyl halides is 1. The highest BCUT2D eigenvalue weighted by atomic mass is 19.1. The molecule has 0 bridgehead atoms. The van der Waals surface area contributed by atoms with Crippen molar-refractivity contribution in [3.63, 3.8) is 0 Å². The van der Waals surface area contributed by atoms with E-state index in [1.54, 1.807) is 0 Å². The van der Waals surface area contributed by atoms with Crippen LogP contribution in [0.5, 0.6) is 5.75 Å². The van der Waals surface area contributed by atoms with E-state index in [1.807, 2.05) is 36.7 Å². The minimum absolute atomic E-state index is 0.116. The number of hydrogen-bond acceptors (Lipinski definition) is 3. The maximum absolute atomic E-state index is 14.3. The van der Waals surface area contributed by atoms with Crippen molar-refractivity contribution in [1.82, 2.24) is 9.97 Å². The molecule has 2 aromatic rings. The second-order valence-corrected chi connectivity index (χ2v) is 11.0. The summed E-state index contributed by atoms with van der Waals surface area (Å²) in [4.78, 5) is 9.14. The summed E-state index contributed by atoms with van der Waals surface area (Å²) >= 11 is 0. The third-order valence-electron chi connectivity index (χ3n) is 7.34. The molecule has 1 aromatic heterocycles. The summed E-state index contributed by atoms with van der Waals surface area (Å²) in [7, 11) is 0. The van der Waals surface area contributed by atoms with Crippen LogP contribution in [-0.4, -0.2) is 22.7 Å². The number of ether oxygens (including phenoxy) is 1. The van der Waals surface area contributed by atoms with Crippen molar-refractivity contribution in [3.05, 3.63) is 42.2 Å². The van der Waals surface area contributed by atoms with Gasteiger partial charge in [-0.05, 0) is 61.4 Å². The molecular weight excluding hydrogens is 459 g/mol. The van der Waals surface area contributed by atoms with Crippen LogP contribution in [0.15, 0.2) is 36.7 Å². The SMILES string of the molecule is CCCCCCCCCCCCc1cnc(-c2ccc(OCC(F)CCC(C)CCCCC)cc2)nc1. The number of halogens is 1. The zero-order valence-electron chi connectivity index (χ0n) is 24.0. The third-order valence-corrected chi connectivity index (χ3v) is 7.34.